The molecule has 4 nitrogen and oxygen atoms in total. The third-order valence-corrected chi connectivity index (χ3v) is 3.41. The van der Waals surface area contributed by atoms with Crippen LogP contribution >= 0.6 is 11.6 Å². The summed E-state index contributed by atoms with van der Waals surface area (Å²) in [4.78, 5) is 17.9. The van der Waals surface area contributed by atoms with Crippen molar-refractivity contribution in [3.63, 3.8) is 0 Å². The molecule has 0 aliphatic carbocycles. The van der Waals surface area contributed by atoms with Crippen molar-refractivity contribution >= 4 is 17.5 Å². The number of hydrogen-bond donors (Lipinski definition) is 1. The molecule has 1 rings (SSSR count). The second kappa shape index (κ2) is 7.34. The minimum Gasteiger partial charge on any atom is -0.351 e. The van der Waals surface area contributed by atoms with Gasteiger partial charge in [0.1, 0.15) is 0 Å². The predicted molar refractivity (Wildman–Crippen MR) is 74.0 cm³/mol. The van der Waals surface area contributed by atoms with Crippen LogP contribution in [-0.4, -0.2) is 42.0 Å². The van der Waals surface area contributed by atoms with Crippen molar-refractivity contribution in [1.29, 1.82) is 0 Å². The maximum atomic E-state index is 11.8. The van der Waals surface area contributed by atoms with E-state index in [1.165, 1.54) is 6.20 Å². The molecule has 0 saturated carbocycles. The lowest BCUT2D eigenvalue weighted by molar-refractivity contribution is 0.0947. The van der Waals surface area contributed by atoms with Crippen LogP contribution in [0, 0.1) is 0 Å². The standard InChI is InChI=1S/C13H20ClN3O/c1-4-10(2)17(3)8-7-16-13(18)11-5-6-15-9-12(11)14/h5-6,9-10H,4,7-8H2,1-3H3,(H,16,18). The van der Waals surface area contributed by atoms with Crippen LogP contribution in [0.3, 0.4) is 0 Å². The Kier molecular flexibility index (Phi) is 6.09. The van der Waals surface area contributed by atoms with Gasteiger partial charge in [-0.25, -0.2) is 0 Å². The number of pyridine rings is 1. The molecule has 1 aromatic heterocycles. The molecule has 0 radical (unpaired) electrons. The molecule has 1 unspecified atom stereocenters. The summed E-state index contributed by atoms with van der Waals surface area (Å²) >= 11 is 5.90. The molecule has 1 aromatic rings. The summed E-state index contributed by atoms with van der Waals surface area (Å²) in [6.07, 6.45) is 4.13. The maximum Gasteiger partial charge on any atom is 0.252 e. The Morgan fingerprint density at radius 2 is 2.33 bits per heavy atom. The van der Waals surface area contributed by atoms with Crippen LogP contribution < -0.4 is 5.32 Å². The van der Waals surface area contributed by atoms with E-state index in [0.717, 1.165) is 13.0 Å². The van der Waals surface area contributed by atoms with Gasteiger partial charge in [0.15, 0.2) is 0 Å². The SMILES string of the molecule is CCC(C)N(C)CCNC(=O)c1ccncc1Cl. The highest BCUT2D eigenvalue weighted by Crippen LogP contribution is 2.12. The Hall–Kier alpha value is -1.13. The molecular formula is C13H20ClN3O. The van der Waals surface area contributed by atoms with Crippen LogP contribution in [0.2, 0.25) is 5.02 Å². The zero-order chi connectivity index (χ0) is 13.5. The second-order valence-corrected chi connectivity index (χ2v) is 4.76. The Morgan fingerprint density at radius 3 is 2.94 bits per heavy atom. The number of likely N-dealkylation sites (N-methyl/N-ethyl adjacent to an activating group) is 1. The molecule has 0 aliphatic rings. The Balaban J connectivity index is 2.41. The van der Waals surface area contributed by atoms with Crippen molar-refractivity contribution in [2.75, 3.05) is 20.1 Å². The summed E-state index contributed by atoms with van der Waals surface area (Å²) in [5.74, 6) is -0.153. The van der Waals surface area contributed by atoms with E-state index in [1.807, 2.05) is 0 Å². The largest absolute Gasteiger partial charge is 0.351 e. The number of halogens is 1. The third-order valence-electron chi connectivity index (χ3n) is 3.11. The fraction of sp³-hybridized carbons (Fsp3) is 0.538. The molecule has 1 amide bonds. The molecule has 0 saturated heterocycles. The van der Waals surface area contributed by atoms with Crippen LogP contribution in [0.5, 0.6) is 0 Å². The minimum absolute atomic E-state index is 0.153. The quantitative estimate of drug-likeness (QED) is 0.861. The minimum atomic E-state index is -0.153. The van der Waals surface area contributed by atoms with Gasteiger partial charge in [-0.3, -0.25) is 9.78 Å². The summed E-state index contributed by atoms with van der Waals surface area (Å²) < 4.78 is 0. The van der Waals surface area contributed by atoms with Gasteiger partial charge in [0.05, 0.1) is 10.6 Å². The van der Waals surface area contributed by atoms with E-state index in [2.05, 4.69) is 36.1 Å². The summed E-state index contributed by atoms with van der Waals surface area (Å²) in [6, 6.07) is 2.14. The van der Waals surface area contributed by atoms with E-state index in [1.54, 1.807) is 12.3 Å². The molecular weight excluding hydrogens is 250 g/mol. The fourth-order valence-corrected chi connectivity index (χ4v) is 1.74. The van der Waals surface area contributed by atoms with Gasteiger partial charge in [0, 0.05) is 31.5 Å². The summed E-state index contributed by atoms with van der Waals surface area (Å²) in [5.41, 5.74) is 0.470. The number of carbonyl (C=O) groups is 1. The predicted octanol–water partition coefficient (Wildman–Crippen LogP) is 2.20. The lowest BCUT2D eigenvalue weighted by atomic mass is 10.2. The third kappa shape index (κ3) is 4.27. The van der Waals surface area contributed by atoms with E-state index < -0.39 is 0 Å². The Morgan fingerprint density at radius 1 is 1.61 bits per heavy atom. The Labute approximate surface area is 113 Å². The van der Waals surface area contributed by atoms with Crippen molar-refractivity contribution in [1.82, 2.24) is 15.2 Å². The number of nitrogens with zero attached hydrogens (tertiary/aromatic N) is 2. The van der Waals surface area contributed by atoms with Crippen molar-refractivity contribution in [2.24, 2.45) is 0 Å². The van der Waals surface area contributed by atoms with Gasteiger partial charge in [-0.15, -0.1) is 0 Å². The van der Waals surface area contributed by atoms with Gasteiger partial charge in [-0.1, -0.05) is 18.5 Å². The van der Waals surface area contributed by atoms with Gasteiger partial charge in [-0.2, -0.15) is 0 Å². The van der Waals surface area contributed by atoms with Crippen molar-refractivity contribution in [3.8, 4) is 0 Å². The van der Waals surface area contributed by atoms with E-state index in [0.29, 0.717) is 23.2 Å². The van der Waals surface area contributed by atoms with Crippen LogP contribution in [-0.2, 0) is 0 Å². The molecule has 100 valence electrons. The first-order valence-corrected chi connectivity index (χ1v) is 6.52. The maximum absolute atomic E-state index is 11.8. The van der Waals surface area contributed by atoms with Crippen LogP contribution in [0.4, 0.5) is 0 Å². The molecule has 0 aliphatic heterocycles. The number of amides is 1. The summed E-state index contributed by atoms with van der Waals surface area (Å²) in [5, 5.41) is 3.24. The number of nitrogens with one attached hydrogen (secondary N) is 1. The zero-order valence-electron chi connectivity index (χ0n) is 11.1. The van der Waals surface area contributed by atoms with E-state index >= 15 is 0 Å². The highest BCUT2D eigenvalue weighted by molar-refractivity contribution is 6.33. The molecule has 0 bridgehead atoms. The molecule has 1 N–H and O–H groups in total. The number of rotatable bonds is 6. The van der Waals surface area contributed by atoms with Gasteiger partial charge in [0.25, 0.3) is 5.91 Å². The summed E-state index contributed by atoms with van der Waals surface area (Å²) in [6.45, 7) is 5.75. The molecule has 0 aromatic carbocycles. The average molecular weight is 270 g/mol. The smallest absolute Gasteiger partial charge is 0.252 e. The number of aromatic nitrogens is 1. The number of carbonyl (C=O) groups excluding carboxylic acids is 1. The van der Waals surface area contributed by atoms with Gasteiger partial charge in [0.2, 0.25) is 0 Å². The van der Waals surface area contributed by atoms with E-state index in [4.69, 9.17) is 11.6 Å². The fourth-order valence-electron chi connectivity index (χ4n) is 1.53. The highest BCUT2D eigenvalue weighted by atomic mass is 35.5. The molecule has 0 fully saturated rings. The van der Waals surface area contributed by atoms with Crippen molar-refractivity contribution in [3.05, 3.63) is 29.0 Å². The van der Waals surface area contributed by atoms with Crippen molar-refractivity contribution < 1.29 is 4.79 Å². The Bertz CT molecular complexity index is 398. The molecule has 18 heavy (non-hydrogen) atoms. The van der Waals surface area contributed by atoms with Gasteiger partial charge in [-0.05, 0) is 26.5 Å². The van der Waals surface area contributed by atoms with Crippen LogP contribution in [0.15, 0.2) is 18.5 Å². The zero-order valence-corrected chi connectivity index (χ0v) is 11.9. The van der Waals surface area contributed by atoms with Gasteiger partial charge >= 0.3 is 0 Å². The lowest BCUT2D eigenvalue weighted by Crippen LogP contribution is -2.37. The van der Waals surface area contributed by atoms with Crippen LogP contribution in [0.1, 0.15) is 30.6 Å². The first-order valence-electron chi connectivity index (χ1n) is 6.14. The summed E-state index contributed by atoms with van der Waals surface area (Å²) in [7, 11) is 2.06. The second-order valence-electron chi connectivity index (χ2n) is 4.35. The highest BCUT2D eigenvalue weighted by Gasteiger charge is 2.10. The molecule has 1 atom stereocenters. The molecule has 0 spiro atoms. The number of hydrogen-bond acceptors (Lipinski definition) is 3. The normalized spacial score (nSPS) is 12.5. The van der Waals surface area contributed by atoms with E-state index in [-0.39, 0.29) is 5.91 Å². The first kappa shape index (κ1) is 14.9. The van der Waals surface area contributed by atoms with Crippen LogP contribution in [0.25, 0.3) is 0 Å². The average Bonchev–Trinajstić information content (AvgIpc) is 2.37. The monoisotopic (exact) mass is 269 g/mol. The molecule has 5 heteroatoms. The lowest BCUT2D eigenvalue weighted by Gasteiger charge is -2.23. The first-order chi connectivity index (χ1) is 8.56. The molecule has 1 heterocycles. The van der Waals surface area contributed by atoms with Crippen molar-refractivity contribution in [2.45, 2.75) is 26.3 Å². The topological polar surface area (TPSA) is 45.2 Å². The van der Waals surface area contributed by atoms with E-state index in [9.17, 15) is 4.79 Å². The van der Waals surface area contributed by atoms with Gasteiger partial charge < -0.3 is 10.2 Å².